The minimum Gasteiger partial charge on any atom is -0.372 e. The van der Waals surface area contributed by atoms with E-state index in [-0.39, 0.29) is 11.1 Å². The van der Waals surface area contributed by atoms with Crippen molar-refractivity contribution in [3.8, 4) is 22.6 Å². The van der Waals surface area contributed by atoms with Crippen LogP contribution in [0.4, 0.5) is 26.3 Å². The van der Waals surface area contributed by atoms with Crippen molar-refractivity contribution in [2.45, 2.75) is 37.2 Å². The van der Waals surface area contributed by atoms with Gasteiger partial charge in [0.2, 0.25) is 0 Å². The van der Waals surface area contributed by atoms with Gasteiger partial charge in [0.05, 0.1) is 5.56 Å². The molecule has 0 saturated carbocycles. The van der Waals surface area contributed by atoms with E-state index < -0.39 is 82.0 Å². The summed E-state index contributed by atoms with van der Waals surface area (Å²) in [6, 6.07) is 11.1. The number of benzene rings is 3. The molecule has 224 valence electrons. The van der Waals surface area contributed by atoms with Gasteiger partial charge in [-0.15, -0.1) is 0 Å². The van der Waals surface area contributed by atoms with Crippen LogP contribution in [0.5, 0.6) is 11.5 Å². The molecule has 0 aliphatic heterocycles. The van der Waals surface area contributed by atoms with Crippen LogP contribution >= 0.6 is 0 Å². The highest BCUT2D eigenvalue weighted by atomic mass is 32.2. The Morgan fingerprint density at radius 1 is 0.619 bits per heavy atom. The van der Waals surface area contributed by atoms with Gasteiger partial charge in [0.1, 0.15) is 0 Å². The van der Waals surface area contributed by atoms with Crippen LogP contribution in [0.25, 0.3) is 11.1 Å². The Morgan fingerprint density at radius 3 is 1.52 bits per heavy atom. The molecule has 0 radical (unpaired) electrons. The van der Waals surface area contributed by atoms with Crippen LogP contribution in [0.1, 0.15) is 58.2 Å². The summed E-state index contributed by atoms with van der Waals surface area (Å²) >= 11 is 0. The van der Waals surface area contributed by atoms with Gasteiger partial charge in [-0.3, -0.25) is 9.59 Å². The molecule has 16 heteroatoms. The topological polar surface area (TPSA) is 121 Å². The van der Waals surface area contributed by atoms with Crippen LogP contribution in [-0.2, 0) is 25.7 Å². The number of ketones is 2. The molecule has 0 bridgehead atoms. The molecular weight excluding hydrogens is 618 g/mol. The fraction of sp³-hybridized carbons (Fsp3) is 0.231. The maximum absolute atomic E-state index is 13.6. The summed E-state index contributed by atoms with van der Waals surface area (Å²) in [5, 5.41) is 0. The van der Waals surface area contributed by atoms with Gasteiger partial charge in [-0.25, -0.2) is 0 Å². The van der Waals surface area contributed by atoms with Crippen molar-refractivity contribution in [2.24, 2.45) is 0 Å². The molecule has 1 aliphatic rings. The molecular formula is C26H18F6O8S2. The molecule has 0 amide bonds. The summed E-state index contributed by atoms with van der Waals surface area (Å²) < 4.78 is 136. The third-order valence-electron chi connectivity index (χ3n) is 6.14. The van der Waals surface area contributed by atoms with Crippen molar-refractivity contribution in [1.29, 1.82) is 0 Å². The summed E-state index contributed by atoms with van der Waals surface area (Å²) in [4.78, 5) is 27.2. The van der Waals surface area contributed by atoms with Gasteiger partial charge in [-0.05, 0) is 28.2 Å². The highest BCUT2D eigenvalue weighted by Gasteiger charge is 2.52. The molecule has 42 heavy (non-hydrogen) atoms. The first-order chi connectivity index (χ1) is 19.1. The van der Waals surface area contributed by atoms with Gasteiger partial charge in [0, 0.05) is 16.7 Å². The van der Waals surface area contributed by atoms with Crippen molar-refractivity contribution in [2.75, 3.05) is 0 Å². The maximum Gasteiger partial charge on any atom is 0.534 e. The van der Waals surface area contributed by atoms with Gasteiger partial charge in [-0.1, -0.05) is 69.3 Å². The molecule has 8 nitrogen and oxygen atoms in total. The Bertz CT molecular complexity index is 1840. The zero-order valence-electron chi connectivity index (χ0n) is 21.5. The largest absolute Gasteiger partial charge is 0.534 e. The molecule has 0 atom stereocenters. The highest BCUT2D eigenvalue weighted by molar-refractivity contribution is 7.88. The summed E-state index contributed by atoms with van der Waals surface area (Å²) in [5.74, 6) is -5.96. The van der Waals surface area contributed by atoms with E-state index in [1.165, 1.54) is 30.3 Å². The molecule has 0 saturated heterocycles. The molecule has 0 N–H and O–H groups in total. The second-order valence-electron chi connectivity index (χ2n) is 10.00. The quantitative estimate of drug-likeness (QED) is 0.151. The lowest BCUT2D eigenvalue weighted by Crippen LogP contribution is -2.32. The first kappa shape index (κ1) is 31.0. The van der Waals surface area contributed by atoms with Crippen LogP contribution in [0, 0.1) is 0 Å². The molecule has 3 aromatic rings. The second kappa shape index (κ2) is 9.83. The minimum atomic E-state index is -6.74. The first-order valence-corrected chi connectivity index (χ1v) is 14.4. The number of carbonyl (C=O) groups is 2. The second-order valence-corrected chi connectivity index (χ2v) is 13.1. The fourth-order valence-corrected chi connectivity index (χ4v) is 5.02. The molecule has 0 aromatic heterocycles. The van der Waals surface area contributed by atoms with E-state index >= 15 is 0 Å². The van der Waals surface area contributed by atoms with Gasteiger partial charge < -0.3 is 8.37 Å². The third-order valence-corrected chi connectivity index (χ3v) is 8.06. The van der Waals surface area contributed by atoms with Gasteiger partial charge >= 0.3 is 31.3 Å². The standard InChI is InChI=1S/C26H18F6O8S2/c1-24(2,3)14-10-8-13(9-11-14)17-12-18(39-41(35,36)25(27,28)29)23(40-42(37,38)26(30,31)32)20-19(17)21(33)15-6-4-5-7-16(15)22(20)34/h4-12H,1-3H3. The number of alkyl halides is 6. The Balaban J connectivity index is 2.15. The van der Waals surface area contributed by atoms with E-state index in [1.807, 2.05) is 20.8 Å². The first-order valence-electron chi connectivity index (χ1n) is 11.6. The number of fused-ring (bicyclic) bond motifs is 2. The van der Waals surface area contributed by atoms with Crippen molar-refractivity contribution < 1.29 is 61.1 Å². The Kier molecular flexibility index (Phi) is 7.26. The van der Waals surface area contributed by atoms with E-state index in [2.05, 4.69) is 8.37 Å². The predicted octanol–water partition coefficient (Wildman–Crippen LogP) is 5.88. The van der Waals surface area contributed by atoms with E-state index in [4.69, 9.17) is 0 Å². The average molecular weight is 637 g/mol. The fourth-order valence-electron chi connectivity index (χ4n) is 4.09. The smallest absolute Gasteiger partial charge is 0.372 e. The van der Waals surface area contributed by atoms with Crippen molar-refractivity contribution in [1.82, 2.24) is 0 Å². The molecule has 4 rings (SSSR count). The zero-order valence-corrected chi connectivity index (χ0v) is 23.2. The zero-order chi connectivity index (χ0) is 31.6. The maximum atomic E-state index is 13.6. The molecule has 0 spiro atoms. The SMILES string of the molecule is CC(C)(C)c1ccc(-c2cc(OS(=O)(=O)C(F)(F)F)c(OS(=O)(=O)C(F)(F)F)c3c2C(=O)c2ccccc2C3=O)cc1. The molecule has 0 heterocycles. The number of carbonyl (C=O) groups excluding carboxylic acids is 2. The van der Waals surface area contributed by atoms with Gasteiger partial charge in [0.15, 0.2) is 23.1 Å². The Labute approximate surface area is 235 Å². The lowest BCUT2D eigenvalue weighted by molar-refractivity contribution is -0.0513. The summed E-state index contributed by atoms with van der Waals surface area (Å²) in [5.41, 5.74) is -15.1. The van der Waals surface area contributed by atoms with Crippen LogP contribution in [0.15, 0.2) is 54.6 Å². The van der Waals surface area contributed by atoms with E-state index in [0.29, 0.717) is 6.07 Å². The highest BCUT2D eigenvalue weighted by Crippen LogP contribution is 2.47. The minimum absolute atomic E-state index is 0.000679. The number of hydrogen-bond acceptors (Lipinski definition) is 8. The normalized spacial score (nSPS) is 14.3. The van der Waals surface area contributed by atoms with Crippen LogP contribution < -0.4 is 8.37 Å². The molecule has 0 unspecified atom stereocenters. The number of hydrogen-bond donors (Lipinski definition) is 0. The van der Waals surface area contributed by atoms with Crippen LogP contribution in [-0.4, -0.2) is 39.4 Å². The predicted molar refractivity (Wildman–Crippen MR) is 135 cm³/mol. The van der Waals surface area contributed by atoms with Gasteiger partial charge in [0.25, 0.3) is 0 Å². The number of rotatable bonds is 5. The summed E-state index contributed by atoms with van der Waals surface area (Å²) in [6.07, 6.45) is 0. The van der Waals surface area contributed by atoms with Gasteiger partial charge in [-0.2, -0.15) is 43.2 Å². The Morgan fingerprint density at radius 2 is 1.07 bits per heavy atom. The summed E-state index contributed by atoms with van der Waals surface area (Å²) in [7, 11) is -13.4. The van der Waals surface area contributed by atoms with E-state index in [1.54, 1.807) is 12.1 Å². The lowest BCUT2D eigenvalue weighted by Gasteiger charge is -2.25. The van der Waals surface area contributed by atoms with Crippen molar-refractivity contribution >= 4 is 31.8 Å². The van der Waals surface area contributed by atoms with Crippen molar-refractivity contribution in [3.05, 3.63) is 82.4 Å². The molecule has 0 fully saturated rings. The monoisotopic (exact) mass is 636 g/mol. The van der Waals surface area contributed by atoms with Crippen LogP contribution in [0.2, 0.25) is 0 Å². The Hall–Kier alpha value is -3.92. The van der Waals surface area contributed by atoms with Crippen molar-refractivity contribution in [3.63, 3.8) is 0 Å². The lowest BCUT2D eigenvalue weighted by atomic mass is 9.79. The number of halogens is 6. The average Bonchev–Trinajstić information content (AvgIpc) is 2.86. The molecule has 1 aliphatic carbocycles. The summed E-state index contributed by atoms with van der Waals surface area (Å²) in [6.45, 7) is 5.55. The molecule has 3 aromatic carbocycles. The van der Waals surface area contributed by atoms with E-state index in [0.717, 1.165) is 11.6 Å². The van der Waals surface area contributed by atoms with E-state index in [9.17, 15) is 52.8 Å². The van der Waals surface area contributed by atoms with Crippen LogP contribution in [0.3, 0.4) is 0 Å². The third kappa shape index (κ3) is 5.35.